The van der Waals surface area contributed by atoms with Crippen molar-refractivity contribution >= 4 is 17.5 Å². The summed E-state index contributed by atoms with van der Waals surface area (Å²) in [6.07, 6.45) is 0.0354. The van der Waals surface area contributed by atoms with Crippen molar-refractivity contribution in [2.75, 3.05) is 39.6 Å². The predicted molar refractivity (Wildman–Crippen MR) is 116 cm³/mol. The number of hydrogen-bond donors (Lipinski definition) is 1. The number of nitrogens with one attached hydrogen (secondary N) is 1. The van der Waals surface area contributed by atoms with E-state index in [-0.39, 0.29) is 25.7 Å². The number of anilines is 1. The van der Waals surface area contributed by atoms with Gasteiger partial charge in [-0.2, -0.15) is 5.26 Å². The molecule has 1 saturated heterocycles. The highest BCUT2D eigenvalue weighted by Crippen LogP contribution is 2.40. The van der Waals surface area contributed by atoms with Gasteiger partial charge in [0.15, 0.2) is 23.0 Å². The Morgan fingerprint density at radius 1 is 1.12 bits per heavy atom. The predicted octanol–water partition coefficient (Wildman–Crippen LogP) is 2.18. The molecule has 0 radical (unpaired) electrons. The number of benzene rings is 2. The molecule has 2 unspecified atom stereocenters. The van der Waals surface area contributed by atoms with Crippen molar-refractivity contribution in [1.82, 2.24) is 5.32 Å². The van der Waals surface area contributed by atoms with Crippen molar-refractivity contribution in [3.8, 4) is 34.8 Å². The maximum atomic E-state index is 13.0. The van der Waals surface area contributed by atoms with E-state index in [1.807, 2.05) is 0 Å². The highest BCUT2D eigenvalue weighted by Gasteiger charge is 2.36. The van der Waals surface area contributed by atoms with Crippen LogP contribution in [0.3, 0.4) is 0 Å². The number of rotatable bonds is 7. The molecule has 4 rings (SSSR count). The first-order chi connectivity index (χ1) is 16.0. The van der Waals surface area contributed by atoms with Gasteiger partial charge >= 0.3 is 0 Å². The van der Waals surface area contributed by atoms with E-state index in [1.165, 1.54) is 26.2 Å². The summed E-state index contributed by atoms with van der Waals surface area (Å²) in [4.78, 5) is 27.1. The number of hydrogen-bond acceptors (Lipinski definition) is 8. The molecule has 172 valence electrons. The third-order valence-corrected chi connectivity index (χ3v) is 5.60. The summed E-state index contributed by atoms with van der Waals surface area (Å²) < 4.78 is 26.6. The summed E-state index contributed by atoms with van der Waals surface area (Å²) in [5, 5.41) is 12.4. The monoisotopic (exact) mass is 453 g/mol. The second kappa shape index (κ2) is 9.16. The first-order valence-electron chi connectivity index (χ1n) is 10.2. The van der Waals surface area contributed by atoms with Crippen LogP contribution in [0, 0.1) is 17.2 Å². The van der Waals surface area contributed by atoms with Gasteiger partial charge in [0.1, 0.15) is 6.04 Å². The van der Waals surface area contributed by atoms with Crippen molar-refractivity contribution in [3.05, 3.63) is 35.9 Å². The fourth-order valence-electron chi connectivity index (χ4n) is 3.90. The lowest BCUT2D eigenvalue weighted by Gasteiger charge is -2.19. The third-order valence-electron chi connectivity index (χ3n) is 5.60. The topological polar surface area (TPSA) is 119 Å². The molecule has 1 N–H and O–H groups in total. The number of methoxy groups -OCH3 is 3. The molecule has 2 aromatic carbocycles. The fourth-order valence-corrected chi connectivity index (χ4v) is 3.90. The van der Waals surface area contributed by atoms with Gasteiger partial charge in [-0.1, -0.05) is 0 Å². The molecule has 0 saturated carbocycles. The number of fused-ring (bicyclic) bond motifs is 1. The van der Waals surface area contributed by atoms with E-state index in [0.717, 1.165) is 0 Å². The molecule has 33 heavy (non-hydrogen) atoms. The zero-order valence-electron chi connectivity index (χ0n) is 18.4. The Morgan fingerprint density at radius 2 is 1.82 bits per heavy atom. The molecule has 0 aromatic heterocycles. The zero-order valence-corrected chi connectivity index (χ0v) is 18.4. The highest BCUT2D eigenvalue weighted by molar-refractivity contribution is 6.00. The van der Waals surface area contributed by atoms with E-state index in [1.54, 1.807) is 30.3 Å². The van der Waals surface area contributed by atoms with Crippen molar-refractivity contribution in [2.24, 2.45) is 5.92 Å². The standard InChI is InChI=1S/C23H23N3O7/c1-29-19-6-13(7-20(30-2)22(19)31-3)16(10-24)25-23(28)14-8-21(27)26(11-14)15-4-5-17-18(9-15)33-12-32-17/h4-7,9,14,16H,8,11-12H2,1-3H3,(H,25,28). The van der Waals surface area contributed by atoms with E-state index >= 15 is 0 Å². The minimum absolute atomic E-state index is 0.0354. The van der Waals surface area contributed by atoms with Gasteiger partial charge in [-0.25, -0.2) is 0 Å². The molecule has 2 aliphatic rings. The van der Waals surface area contributed by atoms with Crippen LogP contribution in [0.15, 0.2) is 30.3 Å². The molecule has 2 amide bonds. The zero-order chi connectivity index (χ0) is 23.5. The van der Waals surface area contributed by atoms with E-state index < -0.39 is 17.9 Å². The van der Waals surface area contributed by atoms with Crippen LogP contribution in [0.2, 0.25) is 0 Å². The van der Waals surface area contributed by atoms with Crippen molar-refractivity contribution < 1.29 is 33.3 Å². The van der Waals surface area contributed by atoms with E-state index in [9.17, 15) is 14.9 Å². The Bertz CT molecular complexity index is 1100. The Balaban J connectivity index is 1.50. The molecule has 2 atom stereocenters. The van der Waals surface area contributed by atoms with Gasteiger partial charge in [0, 0.05) is 24.7 Å². The normalized spacial score (nSPS) is 17.3. The number of nitrogens with zero attached hydrogens (tertiary/aromatic N) is 2. The molecule has 2 aromatic rings. The smallest absolute Gasteiger partial charge is 0.231 e. The summed E-state index contributed by atoms with van der Waals surface area (Å²) in [5.41, 5.74) is 1.10. The van der Waals surface area contributed by atoms with E-state index in [2.05, 4.69) is 11.4 Å². The Kier molecular flexibility index (Phi) is 6.13. The summed E-state index contributed by atoms with van der Waals surface area (Å²) in [7, 11) is 4.42. The molecule has 2 aliphatic heterocycles. The van der Waals surface area contributed by atoms with Gasteiger partial charge in [0.05, 0.1) is 33.3 Å². The molecular weight excluding hydrogens is 430 g/mol. The van der Waals surface area contributed by atoms with Gasteiger partial charge in [-0.15, -0.1) is 0 Å². The summed E-state index contributed by atoms with van der Waals surface area (Å²) >= 11 is 0. The number of carbonyl (C=O) groups is 2. The molecule has 0 bridgehead atoms. The second-order valence-corrected chi connectivity index (χ2v) is 7.47. The van der Waals surface area contributed by atoms with Gasteiger partial charge in [0.25, 0.3) is 0 Å². The van der Waals surface area contributed by atoms with Crippen molar-refractivity contribution in [3.63, 3.8) is 0 Å². The second-order valence-electron chi connectivity index (χ2n) is 7.47. The lowest BCUT2D eigenvalue weighted by atomic mass is 10.0. The van der Waals surface area contributed by atoms with Gasteiger partial charge in [-0.05, 0) is 29.8 Å². The largest absolute Gasteiger partial charge is 0.493 e. The molecule has 0 aliphatic carbocycles. The van der Waals surface area contributed by atoms with Crippen LogP contribution in [0.1, 0.15) is 18.0 Å². The summed E-state index contributed by atoms with van der Waals surface area (Å²) in [6, 6.07) is 9.52. The van der Waals surface area contributed by atoms with E-state index in [4.69, 9.17) is 23.7 Å². The van der Waals surface area contributed by atoms with Crippen LogP contribution >= 0.6 is 0 Å². The minimum atomic E-state index is -0.971. The number of amides is 2. The molecule has 0 spiro atoms. The Hall–Kier alpha value is -4.13. The molecular formula is C23H23N3O7. The molecule has 10 heteroatoms. The van der Waals surface area contributed by atoms with Gasteiger partial charge < -0.3 is 33.9 Å². The maximum absolute atomic E-state index is 13.0. The van der Waals surface area contributed by atoms with Crippen molar-refractivity contribution in [1.29, 1.82) is 5.26 Å². The molecule has 2 heterocycles. The number of carbonyl (C=O) groups excluding carboxylic acids is 2. The number of nitriles is 1. The van der Waals surface area contributed by atoms with Crippen LogP contribution in [-0.4, -0.2) is 46.5 Å². The van der Waals surface area contributed by atoms with E-state index in [0.29, 0.717) is 40.0 Å². The lowest BCUT2D eigenvalue weighted by molar-refractivity contribution is -0.126. The number of ether oxygens (including phenoxy) is 5. The molecule has 1 fully saturated rings. The van der Waals surface area contributed by atoms with Crippen LogP contribution in [0.5, 0.6) is 28.7 Å². The van der Waals surface area contributed by atoms with Crippen LogP contribution in [-0.2, 0) is 9.59 Å². The first-order valence-corrected chi connectivity index (χ1v) is 10.2. The first kappa shape index (κ1) is 22.1. The highest BCUT2D eigenvalue weighted by atomic mass is 16.7. The average molecular weight is 453 g/mol. The van der Waals surface area contributed by atoms with Gasteiger partial charge in [0.2, 0.25) is 24.4 Å². The van der Waals surface area contributed by atoms with Crippen LogP contribution < -0.4 is 33.9 Å². The quantitative estimate of drug-likeness (QED) is 0.678. The van der Waals surface area contributed by atoms with Crippen LogP contribution in [0.25, 0.3) is 0 Å². The molecule has 10 nitrogen and oxygen atoms in total. The Morgan fingerprint density at radius 3 is 2.45 bits per heavy atom. The Labute approximate surface area is 190 Å². The van der Waals surface area contributed by atoms with Crippen molar-refractivity contribution in [2.45, 2.75) is 12.5 Å². The average Bonchev–Trinajstić information content (AvgIpc) is 3.47. The fraction of sp³-hybridized carbons (Fsp3) is 0.348. The van der Waals surface area contributed by atoms with Crippen LogP contribution in [0.4, 0.5) is 5.69 Å². The SMILES string of the molecule is COc1cc(C(C#N)NC(=O)C2CC(=O)N(c3ccc4c(c3)OCO4)C2)cc(OC)c1OC. The minimum Gasteiger partial charge on any atom is -0.493 e. The summed E-state index contributed by atoms with van der Waals surface area (Å²) in [5.74, 6) is 1.09. The summed E-state index contributed by atoms with van der Waals surface area (Å²) in [6.45, 7) is 0.325. The maximum Gasteiger partial charge on any atom is 0.231 e. The van der Waals surface area contributed by atoms with Gasteiger partial charge in [-0.3, -0.25) is 9.59 Å². The lowest BCUT2D eigenvalue weighted by Crippen LogP contribution is -2.35. The third kappa shape index (κ3) is 4.17.